The molecule has 90 valence electrons. The topological polar surface area (TPSA) is 105 Å². The van der Waals surface area contributed by atoms with Crippen LogP contribution in [0.5, 0.6) is 0 Å². The number of carbonyl (C=O) groups is 1. The van der Waals surface area contributed by atoms with Crippen molar-refractivity contribution >= 4 is 5.97 Å². The van der Waals surface area contributed by atoms with Crippen molar-refractivity contribution in [2.75, 3.05) is 20.6 Å². The molecule has 1 unspecified atom stereocenters. The van der Waals surface area contributed by atoms with Gasteiger partial charge >= 0.3 is 5.97 Å². The molecule has 1 atom stereocenters. The summed E-state index contributed by atoms with van der Waals surface area (Å²) in [5, 5.41) is 16.1. The van der Waals surface area contributed by atoms with E-state index in [0.717, 1.165) is 6.54 Å². The molecule has 0 saturated heterocycles. The summed E-state index contributed by atoms with van der Waals surface area (Å²) < 4.78 is 4.59. The number of aliphatic carboxylic acids is 1. The normalized spacial score (nSPS) is 13.0. The maximum atomic E-state index is 10.6. The zero-order chi connectivity index (χ0) is 12.1. The standard InChI is InChI=1S/C9H16N4O3/c1-13(2)4-3-7-8(12-16-11-7)5-6(10)9(14)15/h6H,3-5,10H2,1-2H3,(H,14,15). The van der Waals surface area contributed by atoms with Gasteiger partial charge in [0.2, 0.25) is 0 Å². The van der Waals surface area contributed by atoms with Gasteiger partial charge in [0.05, 0.1) is 0 Å². The molecule has 0 saturated carbocycles. The third-order valence-corrected chi connectivity index (χ3v) is 2.16. The summed E-state index contributed by atoms with van der Waals surface area (Å²) in [4.78, 5) is 12.6. The Bertz CT molecular complexity index is 350. The molecule has 0 aliphatic carbocycles. The highest BCUT2D eigenvalue weighted by atomic mass is 16.6. The Hall–Kier alpha value is -1.47. The zero-order valence-corrected chi connectivity index (χ0v) is 9.38. The van der Waals surface area contributed by atoms with E-state index < -0.39 is 12.0 Å². The van der Waals surface area contributed by atoms with E-state index in [1.54, 1.807) is 0 Å². The molecule has 7 nitrogen and oxygen atoms in total. The van der Waals surface area contributed by atoms with Crippen LogP contribution in [0.4, 0.5) is 0 Å². The average Bonchev–Trinajstić information content (AvgIpc) is 2.62. The minimum absolute atomic E-state index is 0.140. The Morgan fingerprint density at radius 2 is 2.12 bits per heavy atom. The van der Waals surface area contributed by atoms with Crippen LogP contribution < -0.4 is 5.73 Å². The number of rotatable bonds is 6. The van der Waals surface area contributed by atoms with Gasteiger partial charge in [0.1, 0.15) is 17.4 Å². The Kier molecular flexibility index (Phi) is 4.39. The Labute approximate surface area is 93.2 Å². The SMILES string of the molecule is CN(C)CCc1nonc1CC(N)C(=O)O. The van der Waals surface area contributed by atoms with Gasteiger partial charge in [-0.25, -0.2) is 4.63 Å². The molecule has 0 fully saturated rings. The lowest BCUT2D eigenvalue weighted by Gasteiger charge is -2.08. The third-order valence-electron chi connectivity index (χ3n) is 2.16. The minimum atomic E-state index is -1.05. The Morgan fingerprint density at radius 3 is 2.69 bits per heavy atom. The predicted molar refractivity (Wildman–Crippen MR) is 55.9 cm³/mol. The summed E-state index contributed by atoms with van der Waals surface area (Å²) in [6.07, 6.45) is 0.805. The van der Waals surface area contributed by atoms with Crippen molar-refractivity contribution in [2.24, 2.45) is 5.73 Å². The summed E-state index contributed by atoms with van der Waals surface area (Å²) in [5.41, 5.74) is 6.61. The molecule has 1 aromatic heterocycles. The van der Waals surface area contributed by atoms with E-state index in [2.05, 4.69) is 14.9 Å². The fourth-order valence-electron chi connectivity index (χ4n) is 1.19. The fourth-order valence-corrected chi connectivity index (χ4v) is 1.19. The summed E-state index contributed by atoms with van der Waals surface area (Å²) >= 11 is 0. The van der Waals surface area contributed by atoms with Gasteiger partial charge in [0, 0.05) is 19.4 Å². The van der Waals surface area contributed by atoms with Gasteiger partial charge in [-0.3, -0.25) is 4.79 Å². The van der Waals surface area contributed by atoms with E-state index >= 15 is 0 Å². The lowest BCUT2D eigenvalue weighted by molar-refractivity contribution is -0.138. The second-order valence-corrected chi connectivity index (χ2v) is 3.86. The zero-order valence-electron chi connectivity index (χ0n) is 9.38. The molecular weight excluding hydrogens is 212 g/mol. The molecule has 1 heterocycles. The van der Waals surface area contributed by atoms with E-state index in [4.69, 9.17) is 10.8 Å². The summed E-state index contributed by atoms with van der Waals surface area (Å²) in [6.45, 7) is 0.795. The van der Waals surface area contributed by atoms with Crippen molar-refractivity contribution in [3.8, 4) is 0 Å². The first-order valence-electron chi connectivity index (χ1n) is 4.94. The van der Waals surface area contributed by atoms with E-state index in [9.17, 15) is 4.79 Å². The van der Waals surface area contributed by atoms with Crippen LogP contribution in [0.2, 0.25) is 0 Å². The third kappa shape index (κ3) is 3.59. The smallest absolute Gasteiger partial charge is 0.320 e. The lowest BCUT2D eigenvalue weighted by atomic mass is 10.1. The summed E-state index contributed by atoms with van der Waals surface area (Å²) in [5.74, 6) is -1.05. The van der Waals surface area contributed by atoms with Gasteiger partial charge < -0.3 is 15.7 Å². The Morgan fingerprint density at radius 1 is 1.50 bits per heavy atom. The van der Waals surface area contributed by atoms with Gasteiger partial charge in [-0.05, 0) is 14.1 Å². The van der Waals surface area contributed by atoms with Crippen LogP contribution in [0.1, 0.15) is 11.4 Å². The quantitative estimate of drug-likeness (QED) is 0.651. The van der Waals surface area contributed by atoms with Gasteiger partial charge in [-0.2, -0.15) is 0 Å². The van der Waals surface area contributed by atoms with Crippen molar-refractivity contribution < 1.29 is 14.5 Å². The maximum absolute atomic E-state index is 10.6. The first kappa shape index (κ1) is 12.6. The average molecular weight is 228 g/mol. The first-order chi connectivity index (χ1) is 7.50. The maximum Gasteiger partial charge on any atom is 0.320 e. The van der Waals surface area contributed by atoms with Crippen LogP contribution in [0, 0.1) is 0 Å². The number of nitrogens with two attached hydrogens (primary N) is 1. The fraction of sp³-hybridized carbons (Fsp3) is 0.667. The lowest BCUT2D eigenvalue weighted by Crippen LogP contribution is -2.32. The molecule has 16 heavy (non-hydrogen) atoms. The van der Waals surface area contributed by atoms with Crippen LogP contribution >= 0.6 is 0 Å². The number of hydrogen-bond donors (Lipinski definition) is 2. The number of carboxylic acid groups (broad SMARTS) is 1. The van der Waals surface area contributed by atoms with Crippen LogP contribution in [0.25, 0.3) is 0 Å². The van der Waals surface area contributed by atoms with E-state index in [1.807, 2.05) is 19.0 Å². The molecule has 1 aromatic rings. The monoisotopic (exact) mass is 228 g/mol. The summed E-state index contributed by atoms with van der Waals surface area (Å²) in [6, 6.07) is -0.968. The largest absolute Gasteiger partial charge is 0.480 e. The molecule has 1 rings (SSSR count). The second-order valence-electron chi connectivity index (χ2n) is 3.86. The van der Waals surface area contributed by atoms with Crippen LogP contribution in [0.3, 0.4) is 0 Å². The van der Waals surface area contributed by atoms with Crippen molar-refractivity contribution in [2.45, 2.75) is 18.9 Å². The van der Waals surface area contributed by atoms with Crippen molar-refractivity contribution in [3.63, 3.8) is 0 Å². The van der Waals surface area contributed by atoms with Crippen molar-refractivity contribution in [1.82, 2.24) is 15.2 Å². The predicted octanol–water partition coefficient (Wildman–Crippen LogP) is -0.872. The van der Waals surface area contributed by atoms with Gasteiger partial charge in [-0.15, -0.1) is 0 Å². The Balaban J connectivity index is 2.60. The van der Waals surface area contributed by atoms with Gasteiger partial charge in [0.25, 0.3) is 0 Å². The molecule has 0 aromatic carbocycles. The number of hydrogen-bond acceptors (Lipinski definition) is 6. The number of likely N-dealkylation sites (N-methyl/N-ethyl adjacent to an activating group) is 1. The van der Waals surface area contributed by atoms with Crippen molar-refractivity contribution in [3.05, 3.63) is 11.4 Å². The van der Waals surface area contributed by atoms with Crippen molar-refractivity contribution in [1.29, 1.82) is 0 Å². The number of nitrogens with zero attached hydrogens (tertiary/aromatic N) is 3. The molecular formula is C9H16N4O3. The molecule has 0 amide bonds. The summed E-state index contributed by atoms with van der Waals surface area (Å²) in [7, 11) is 3.88. The molecule has 0 bridgehead atoms. The molecule has 0 spiro atoms. The highest BCUT2D eigenvalue weighted by molar-refractivity contribution is 5.73. The highest BCUT2D eigenvalue weighted by Gasteiger charge is 2.18. The van der Waals surface area contributed by atoms with Crippen LogP contribution in [0.15, 0.2) is 4.63 Å². The minimum Gasteiger partial charge on any atom is -0.480 e. The molecule has 7 heteroatoms. The first-order valence-corrected chi connectivity index (χ1v) is 4.94. The molecule has 0 aliphatic rings. The molecule has 3 N–H and O–H groups in total. The second kappa shape index (κ2) is 5.57. The van der Waals surface area contributed by atoms with E-state index in [0.29, 0.717) is 17.8 Å². The highest BCUT2D eigenvalue weighted by Crippen LogP contribution is 2.06. The van der Waals surface area contributed by atoms with Gasteiger partial charge in [-0.1, -0.05) is 10.3 Å². The van der Waals surface area contributed by atoms with Gasteiger partial charge in [0.15, 0.2) is 0 Å². The molecule has 0 aliphatic heterocycles. The van der Waals surface area contributed by atoms with Crippen LogP contribution in [-0.2, 0) is 17.6 Å². The number of carboxylic acids is 1. The van der Waals surface area contributed by atoms with Crippen LogP contribution in [-0.4, -0.2) is 53.0 Å². The molecule has 0 radical (unpaired) electrons. The van der Waals surface area contributed by atoms with E-state index in [1.165, 1.54) is 0 Å². The number of aromatic nitrogens is 2. The van der Waals surface area contributed by atoms with E-state index in [-0.39, 0.29) is 6.42 Å².